The Morgan fingerprint density at radius 1 is 1.00 bits per heavy atom. The molecule has 1 amide bonds. The van der Waals surface area contributed by atoms with Crippen LogP contribution in [0.25, 0.3) is 0 Å². The van der Waals surface area contributed by atoms with Crippen LogP contribution in [0.15, 0.2) is 47.4 Å². The Labute approximate surface area is 167 Å². The van der Waals surface area contributed by atoms with Gasteiger partial charge in [-0.2, -0.15) is 4.31 Å². The summed E-state index contributed by atoms with van der Waals surface area (Å²) in [6.07, 6.45) is 1.56. The molecular weight excluding hydrogens is 376 g/mol. The van der Waals surface area contributed by atoms with Crippen LogP contribution in [-0.2, 0) is 27.7 Å². The van der Waals surface area contributed by atoms with Crippen molar-refractivity contribution in [2.75, 3.05) is 25.5 Å². The van der Waals surface area contributed by atoms with Gasteiger partial charge < -0.3 is 10.1 Å². The molecule has 0 fully saturated rings. The molecule has 0 saturated heterocycles. The summed E-state index contributed by atoms with van der Waals surface area (Å²) in [4.78, 5) is 12.7. The zero-order valence-corrected chi connectivity index (χ0v) is 17.7. The van der Waals surface area contributed by atoms with E-state index >= 15 is 0 Å². The van der Waals surface area contributed by atoms with Gasteiger partial charge in [0.2, 0.25) is 15.9 Å². The Bertz CT molecular complexity index is 886. The number of nitrogens with zero attached hydrogens (tertiary/aromatic N) is 1. The summed E-state index contributed by atoms with van der Waals surface area (Å²) in [5, 5.41) is 2.90. The monoisotopic (exact) mass is 404 g/mol. The second-order valence-corrected chi connectivity index (χ2v) is 8.42. The molecule has 0 bridgehead atoms. The highest BCUT2D eigenvalue weighted by Gasteiger charge is 2.23. The number of amides is 1. The van der Waals surface area contributed by atoms with Gasteiger partial charge in [0.05, 0.1) is 18.0 Å². The zero-order valence-electron chi connectivity index (χ0n) is 16.9. The smallest absolute Gasteiger partial charge is 0.243 e. The summed E-state index contributed by atoms with van der Waals surface area (Å²) in [5.41, 5.74) is 2.85. The summed E-state index contributed by atoms with van der Waals surface area (Å²) in [6, 6.07) is 12.1. The Morgan fingerprint density at radius 3 is 2.07 bits per heavy atom. The van der Waals surface area contributed by atoms with Crippen LogP contribution in [0.2, 0.25) is 0 Å². The highest BCUT2D eigenvalue weighted by atomic mass is 32.2. The maximum absolute atomic E-state index is 12.7. The van der Waals surface area contributed by atoms with Crippen LogP contribution in [0.1, 0.15) is 31.9 Å². The molecule has 0 aromatic heterocycles. The van der Waals surface area contributed by atoms with Crippen LogP contribution >= 0.6 is 0 Å². The number of aryl methyl sites for hydroxylation is 2. The molecule has 0 saturated carbocycles. The van der Waals surface area contributed by atoms with Gasteiger partial charge in [-0.05, 0) is 55.2 Å². The number of anilines is 1. The van der Waals surface area contributed by atoms with Crippen molar-refractivity contribution in [2.24, 2.45) is 0 Å². The summed E-state index contributed by atoms with van der Waals surface area (Å²) in [7, 11) is -2.37. The van der Waals surface area contributed by atoms with Crippen LogP contribution in [0.4, 0.5) is 5.69 Å². The second kappa shape index (κ2) is 9.71. The minimum atomic E-state index is -3.77. The lowest BCUT2D eigenvalue weighted by molar-refractivity contribution is -0.116. The number of para-hydroxylation sites is 1. The second-order valence-electron chi connectivity index (χ2n) is 6.37. The minimum absolute atomic E-state index is 0.120. The third kappa shape index (κ3) is 5.11. The van der Waals surface area contributed by atoms with E-state index < -0.39 is 10.0 Å². The van der Waals surface area contributed by atoms with E-state index in [2.05, 4.69) is 5.32 Å². The molecule has 0 atom stereocenters. The fourth-order valence-electron chi connectivity index (χ4n) is 2.92. The third-order valence-electron chi connectivity index (χ3n) is 4.47. The van der Waals surface area contributed by atoms with Crippen LogP contribution in [0, 0.1) is 0 Å². The van der Waals surface area contributed by atoms with Crippen LogP contribution < -0.4 is 10.1 Å². The molecule has 0 aliphatic heterocycles. The first-order valence-electron chi connectivity index (χ1n) is 9.43. The quantitative estimate of drug-likeness (QED) is 0.694. The van der Waals surface area contributed by atoms with Gasteiger partial charge in [0.15, 0.2) is 0 Å². The summed E-state index contributed by atoms with van der Waals surface area (Å²) < 4.78 is 31.9. The first kappa shape index (κ1) is 21.9. The van der Waals surface area contributed by atoms with Crippen molar-refractivity contribution in [3.05, 3.63) is 53.6 Å². The number of hydrogen-bond donors (Lipinski definition) is 1. The van der Waals surface area contributed by atoms with E-state index in [1.807, 2.05) is 39.0 Å². The molecule has 0 spiro atoms. The third-order valence-corrected chi connectivity index (χ3v) is 6.29. The number of likely N-dealkylation sites (N-methyl/N-ethyl adjacent to an activating group) is 1. The first-order chi connectivity index (χ1) is 13.3. The van der Waals surface area contributed by atoms with Crippen molar-refractivity contribution < 1.29 is 17.9 Å². The number of sulfonamides is 1. The van der Waals surface area contributed by atoms with Crippen molar-refractivity contribution in [2.45, 2.75) is 38.5 Å². The molecule has 0 heterocycles. The van der Waals surface area contributed by atoms with Gasteiger partial charge in [-0.15, -0.1) is 0 Å². The van der Waals surface area contributed by atoms with Gasteiger partial charge in [0.25, 0.3) is 0 Å². The number of ether oxygens (including phenoxy) is 1. The van der Waals surface area contributed by atoms with Crippen molar-refractivity contribution in [1.82, 2.24) is 4.31 Å². The normalized spacial score (nSPS) is 11.5. The standard InChI is InChI=1S/C21H28N2O4S/c1-5-16-9-8-10-17(6-2)21(16)22-20(24)15-23(4)28(25,26)19-13-11-18(12-14-19)27-7-3/h8-14H,5-7,15H2,1-4H3,(H,22,24). The van der Waals surface area contributed by atoms with Crippen LogP contribution in [0.5, 0.6) is 5.75 Å². The van der Waals surface area contributed by atoms with Crippen molar-refractivity contribution in [3.63, 3.8) is 0 Å². The van der Waals surface area contributed by atoms with Gasteiger partial charge in [-0.25, -0.2) is 8.42 Å². The first-order valence-corrected chi connectivity index (χ1v) is 10.9. The lowest BCUT2D eigenvalue weighted by Gasteiger charge is -2.19. The Hall–Kier alpha value is -2.38. The average molecular weight is 405 g/mol. The van der Waals surface area contributed by atoms with Gasteiger partial charge >= 0.3 is 0 Å². The van der Waals surface area contributed by atoms with Crippen LogP contribution in [-0.4, -0.2) is 38.8 Å². The highest BCUT2D eigenvalue weighted by molar-refractivity contribution is 7.89. The number of benzene rings is 2. The number of nitrogens with one attached hydrogen (secondary N) is 1. The maximum Gasteiger partial charge on any atom is 0.243 e. The average Bonchev–Trinajstić information content (AvgIpc) is 2.68. The molecule has 6 nitrogen and oxygen atoms in total. The van der Waals surface area contributed by atoms with E-state index in [0.29, 0.717) is 12.4 Å². The van der Waals surface area contributed by atoms with Crippen molar-refractivity contribution >= 4 is 21.6 Å². The van der Waals surface area contributed by atoms with Gasteiger partial charge in [-0.3, -0.25) is 4.79 Å². The van der Waals surface area contributed by atoms with E-state index in [-0.39, 0.29) is 17.3 Å². The number of hydrogen-bond acceptors (Lipinski definition) is 4. The minimum Gasteiger partial charge on any atom is -0.494 e. The molecule has 2 aromatic rings. The Kier molecular flexibility index (Phi) is 7.60. The predicted molar refractivity (Wildman–Crippen MR) is 111 cm³/mol. The molecule has 0 aliphatic carbocycles. The number of rotatable bonds is 9. The lowest BCUT2D eigenvalue weighted by Crippen LogP contribution is -2.35. The molecule has 28 heavy (non-hydrogen) atoms. The predicted octanol–water partition coefficient (Wildman–Crippen LogP) is 3.47. The Balaban J connectivity index is 2.13. The van der Waals surface area contributed by atoms with Gasteiger partial charge in [0.1, 0.15) is 5.75 Å². The van der Waals surface area contributed by atoms with Crippen LogP contribution in [0.3, 0.4) is 0 Å². The molecule has 0 aliphatic rings. The van der Waals surface area contributed by atoms with E-state index in [1.54, 1.807) is 12.1 Å². The fourth-order valence-corrected chi connectivity index (χ4v) is 4.05. The molecular formula is C21H28N2O4S. The molecule has 2 rings (SSSR count). The Morgan fingerprint density at radius 2 is 1.57 bits per heavy atom. The largest absolute Gasteiger partial charge is 0.494 e. The van der Waals surface area contributed by atoms with E-state index in [1.165, 1.54) is 19.2 Å². The number of carbonyl (C=O) groups excluding carboxylic acids is 1. The molecule has 152 valence electrons. The van der Waals surface area contributed by atoms with Gasteiger partial charge in [0, 0.05) is 12.7 Å². The molecule has 1 N–H and O–H groups in total. The zero-order chi connectivity index (χ0) is 20.7. The van der Waals surface area contributed by atoms with E-state index in [0.717, 1.165) is 34.0 Å². The number of carbonyl (C=O) groups is 1. The topological polar surface area (TPSA) is 75.7 Å². The lowest BCUT2D eigenvalue weighted by atomic mass is 10.0. The maximum atomic E-state index is 12.7. The molecule has 0 unspecified atom stereocenters. The van der Waals surface area contributed by atoms with Crippen molar-refractivity contribution in [1.29, 1.82) is 0 Å². The molecule has 2 aromatic carbocycles. The summed E-state index contributed by atoms with van der Waals surface area (Å²) in [5.74, 6) is 0.234. The van der Waals surface area contributed by atoms with Gasteiger partial charge in [-0.1, -0.05) is 32.0 Å². The molecule has 0 radical (unpaired) electrons. The van der Waals surface area contributed by atoms with E-state index in [9.17, 15) is 13.2 Å². The highest BCUT2D eigenvalue weighted by Crippen LogP contribution is 2.23. The summed E-state index contributed by atoms with van der Waals surface area (Å²) in [6.45, 7) is 6.14. The SMILES string of the molecule is CCOc1ccc(S(=O)(=O)N(C)CC(=O)Nc2c(CC)cccc2CC)cc1. The molecule has 7 heteroatoms. The summed E-state index contributed by atoms with van der Waals surface area (Å²) >= 11 is 0. The fraction of sp³-hybridized carbons (Fsp3) is 0.381. The van der Waals surface area contributed by atoms with Crippen molar-refractivity contribution in [3.8, 4) is 5.75 Å². The van der Waals surface area contributed by atoms with E-state index in [4.69, 9.17) is 4.74 Å².